The topological polar surface area (TPSA) is 83.1 Å². The molecular formula is C19H21NO6. The molecule has 0 atom stereocenters. The second-order valence-electron chi connectivity index (χ2n) is 5.26. The molecule has 0 bridgehead atoms. The third kappa shape index (κ3) is 5.14. The van der Waals surface area contributed by atoms with Crippen molar-refractivity contribution in [3.05, 3.63) is 53.6 Å². The van der Waals surface area contributed by atoms with E-state index in [-0.39, 0.29) is 6.54 Å². The zero-order chi connectivity index (χ0) is 18.9. The van der Waals surface area contributed by atoms with E-state index >= 15 is 0 Å². The molecule has 0 unspecified atom stereocenters. The van der Waals surface area contributed by atoms with Crippen LogP contribution in [-0.2, 0) is 16.1 Å². The van der Waals surface area contributed by atoms with E-state index in [1.54, 1.807) is 25.3 Å². The summed E-state index contributed by atoms with van der Waals surface area (Å²) in [5, 5.41) is 2.48. The van der Waals surface area contributed by atoms with E-state index in [0.29, 0.717) is 23.7 Å². The first-order valence-corrected chi connectivity index (χ1v) is 7.86. The summed E-state index contributed by atoms with van der Waals surface area (Å²) in [5.74, 6) is 0.753. The van der Waals surface area contributed by atoms with Crippen LogP contribution in [0, 0.1) is 0 Å². The third-order valence-corrected chi connectivity index (χ3v) is 3.60. The highest BCUT2D eigenvalue weighted by Gasteiger charge is 2.13. The molecule has 7 heteroatoms. The Kier molecular flexibility index (Phi) is 6.84. The number of esters is 1. The minimum absolute atomic E-state index is 0.205. The van der Waals surface area contributed by atoms with Crippen LogP contribution in [0.3, 0.4) is 0 Å². The number of hydrogen-bond acceptors (Lipinski definition) is 6. The van der Waals surface area contributed by atoms with E-state index in [2.05, 4.69) is 10.1 Å². The van der Waals surface area contributed by atoms with Gasteiger partial charge < -0.3 is 24.3 Å². The molecule has 0 aliphatic heterocycles. The standard InChI is InChI=1S/C19H21NO6/c1-23-15-7-4-13(5-8-15)12-26-17-10-14(6-9-16(17)24-2)19(22)20-11-18(21)25-3/h4-10H,11-12H2,1-3H3,(H,20,22). The lowest BCUT2D eigenvalue weighted by atomic mass is 10.2. The minimum atomic E-state index is -0.525. The molecule has 0 heterocycles. The predicted octanol–water partition coefficient (Wildman–Crippen LogP) is 2.19. The Balaban J connectivity index is 2.08. The van der Waals surface area contributed by atoms with E-state index in [1.165, 1.54) is 14.2 Å². The van der Waals surface area contributed by atoms with E-state index in [1.807, 2.05) is 24.3 Å². The fourth-order valence-electron chi connectivity index (χ4n) is 2.14. The molecule has 1 N–H and O–H groups in total. The summed E-state index contributed by atoms with van der Waals surface area (Å²) >= 11 is 0. The van der Waals surface area contributed by atoms with Gasteiger partial charge in [0.05, 0.1) is 21.3 Å². The molecule has 26 heavy (non-hydrogen) atoms. The fraction of sp³-hybridized carbons (Fsp3) is 0.263. The summed E-state index contributed by atoms with van der Waals surface area (Å²) in [4.78, 5) is 23.3. The first-order valence-electron chi connectivity index (χ1n) is 7.86. The number of carbonyl (C=O) groups is 2. The summed E-state index contributed by atoms with van der Waals surface area (Å²) in [6.45, 7) is 0.0942. The number of ether oxygens (including phenoxy) is 4. The molecule has 0 aliphatic rings. The van der Waals surface area contributed by atoms with Crippen LogP contribution in [0.15, 0.2) is 42.5 Å². The van der Waals surface area contributed by atoms with Crippen LogP contribution in [0.4, 0.5) is 0 Å². The molecule has 0 fully saturated rings. The Morgan fingerprint density at radius 1 is 0.923 bits per heavy atom. The van der Waals surface area contributed by atoms with Gasteiger partial charge in [-0.3, -0.25) is 9.59 Å². The van der Waals surface area contributed by atoms with Gasteiger partial charge >= 0.3 is 5.97 Å². The number of nitrogens with one attached hydrogen (secondary N) is 1. The molecule has 0 aliphatic carbocycles. The summed E-state index contributed by atoms with van der Waals surface area (Å²) in [6, 6.07) is 12.2. The molecule has 0 saturated carbocycles. The average molecular weight is 359 g/mol. The number of carbonyl (C=O) groups excluding carboxylic acids is 2. The van der Waals surface area contributed by atoms with Crippen LogP contribution in [0.1, 0.15) is 15.9 Å². The normalized spacial score (nSPS) is 9.96. The summed E-state index contributed by atoms with van der Waals surface area (Å²) in [7, 11) is 4.38. The quantitative estimate of drug-likeness (QED) is 0.728. The SMILES string of the molecule is COC(=O)CNC(=O)c1ccc(OC)c(OCc2ccc(OC)cc2)c1. The Hall–Kier alpha value is -3.22. The van der Waals surface area contributed by atoms with E-state index in [9.17, 15) is 9.59 Å². The highest BCUT2D eigenvalue weighted by Crippen LogP contribution is 2.29. The van der Waals surface area contributed by atoms with Crippen molar-refractivity contribution in [2.75, 3.05) is 27.9 Å². The second-order valence-corrected chi connectivity index (χ2v) is 5.26. The first kappa shape index (κ1) is 19.1. The van der Waals surface area contributed by atoms with Crippen LogP contribution in [0.2, 0.25) is 0 Å². The molecule has 1 amide bonds. The maximum Gasteiger partial charge on any atom is 0.325 e. The lowest BCUT2D eigenvalue weighted by molar-refractivity contribution is -0.139. The van der Waals surface area contributed by atoms with Gasteiger partial charge in [-0.25, -0.2) is 0 Å². The maximum atomic E-state index is 12.1. The van der Waals surface area contributed by atoms with Gasteiger partial charge in [0.15, 0.2) is 11.5 Å². The van der Waals surface area contributed by atoms with Gasteiger partial charge in [0.1, 0.15) is 18.9 Å². The molecule has 0 spiro atoms. The van der Waals surface area contributed by atoms with Crippen molar-refractivity contribution >= 4 is 11.9 Å². The monoisotopic (exact) mass is 359 g/mol. The molecule has 2 aromatic carbocycles. The van der Waals surface area contributed by atoms with Crippen LogP contribution in [0.5, 0.6) is 17.2 Å². The summed E-state index contributed by atoms with van der Waals surface area (Å²) in [5.41, 5.74) is 1.29. The van der Waals surface area contributed by atoms with Gasteiger partial charge in [-0.15, -0.1) is 0 Å². The van der Waals surface area contributed by atoms with Crippen LogP contribution in [0.25, 0.3) is 0 Å². The fourth-order valence-corrected chi connectivity index (χ4v) is 2.14. The number of hydrogen-bond donors (Lipinski definition) is 1. The Labute approximate surface area is 151 Å². The first-order chi connectivity index (χ1) is 12.6. The van der Waals surface area contributed by atoms with Gasteiger partial charge in [0.25, 0.3) is 5.91 Å². The van der Waals surface area contributed by atoms with Crippen molar-refractivity contribution in [3.8, 4) is 17.2 Å². The summed E-state index contributed by atoms with van der Waals surface area (Å²) in [6.07, 6.45) is 0. The molecule has 0 radical (unpaired) electrons. The number of rotatable bonds is 8. The van der Waals surface area contributed by atoms with Gasteiger partial charge in [0.2, 0.25) is 0 Å². The van der Waals surface area contributed by atoms with Gasteiger partial charge in [0, 0.05) is 5.56 Å². The molecule has 0 aromatic heterocycles. The smallest absolute Gasteiger partial charge is 0.325 e. The van der Waals surface area contributed by atoms with Crippen molar-refractivity contribution in [2.45, 2.75) is 6.61 Å². The van der Waals surface area contributed by atoms with E-state index < -0.39 is 11.9 Å². The van der Waals surface area contributed by atoms with E-state index in [4.69, 9.17) is 14.2 Å². The van der Waals surface area contributed by atoms with Crippen molar-refractivity contribution in [2.24, 2.45) is 0 Å². The molecule has 2 rings (SSSR count). The van der Waals surface area contributed by atoms with Crippen LogP contribution in [-0.4, -0.2) is 39.8 Å². The zero-order valence-corrected chi connectivity index (χ0v) is 14.9. The number of amides is 1. The third-order valence-electron chi connectivity index (χ3n) is 3.60. The van der Waals surface area contributed by atoms with Crippen molar-refractivity contribution in [3.63, 3.8) is 0 Å². The van der Waals surface area contributed by atoms with Crippen molar-refractivity contribution < 1.29 is 28.5 Å². The van der Waals surface area contributed by atoms with Gasteiger partial charge in [-0.05, 0) is 35.9 Å². The van der Waals surface area contributed by atoms with Crippen molar-refractivity contribution in [1.29, 1.82) is 0 Å². The molecule has 138 valence electrons. The van der Waals surface area contributed by atoms with Crippen LogP contribution >= 0.6 is 0 Å². The lowest BCUT2D eigenvalue weighted by Gasteiger charge is -2.13. The van der Waals surface area contributed by atoms with Gasteiger partial charge in [-0.1, -0.05) is 12.1 Å². The average Bonchev–Trinajstić information content (AvgIpc) is 2.70. The van der Waals surface area contributed by atoms with Crippen molar-refractivity contribution in [1.82, 2.24) is 5.32 Å². The Morgan fingerprint density at radius 3 is 2.27 bits per heavy atom. The number of benzene rings is 2. The molecule has 2 aromatic rings. The number of methoxy groups -OCH3 is 3. The van der Waals surface area contributed by atoms with E-state index in [0.717, 1.165) is 11.3 Å². The second kappa shape index (κ2) is 9.31. The minimum Gasteiger partial charge on any atom is -0.497 e. The maximum absolute atomic E-state index is 12.1. The largest absolute Gasteiger partial charge is 0.497 e. The van der Waals surface area contributed by atoms with Crippen LogP contribution < -0.4 is 19.5 Å². The molecule has 0 saturated heterocycles. The zero-order valence-electron chi connectivity index (χ0n) is 14.9. The molecular weight excluding hydrogens is 338 g/mol. The predicted molar refractivity (Wildman–Crippen MR) is 94.7 cm³/mol. The highest BCUT2D eigenvalue weighted by atomic mass is 16.5. The van der Waals surface area contributed by atoms with Gasteiger partial charge in [-0.2, -0.15) is 0 Å². The summed E-state index contributed by atoms with van der Waals surface area (Å²) < 4.78 is 20.7. The Bertz CT molecular complexity index is 757. The lowest BCUT2D eigenvalue weighted by Crippen LogP contribution is -2.30. The Morgan fingerprint density at radius 2 is 1.65 bits per heavy atom. The highest BCUT2D eigenvalue weighted by molar-refractivity contribution is 5.96. The molecule has 7 nitrogen and oxygen atoms in total.